The second kappa shape index (κ2) is 2.91. The largest absolute Gasteiger partial charge is 0.293 e. The van der Waals surface area contributed by atoms with Gasteiger partial charge in [0.05, 0.1) is 6.21 Å². The molecule has 0 aromatic carbocycles. The average Bonchev–Trinajstić information content (AvgIpc) is 1.79. The molecule has 1 heterocycles. The Hall–Kier alpha value is -1.25. The maximum atomic E-state index is 10.6. The van der Waals surface area contributed by atoms with Crippen LogP contribution in [0.15, 0.2) is 22.4 Å². The minimum atomic E-state index is -0.0110. The van der Waals surface area contributed by atoms with Gasteiger partial charge in [-0.1, -0.05) is 6.08 Å². The van der Waals surface area contributed by atoms with Gasteiger partial charge >= 0.3 is 0 Å². The number of ketones is 1. The van der Waals surface area contributed by atoms with Crippen molar-refractivity contribution >= 4 is 18.2 Å². The fourth-order valence-electron chi connectivity index (χ4n) is 0.472. The normalized spacial score (nSPS) is 28.2. The smallest absolute Gasteiger partial charge is 0.179 e. The minimum absolute atomic E-state index is 0.0110. The van der Waals surface area contributed by atoms with Gasteiger partial charge in [0.2, 0.25) is 0 Å². The standard InChI is InChI=1S/C6H6N2O/c9-6-3-1-2-4-7-8-5-6/h1-2,4-5H,3H2/b2-1-,7-4-,8-5-. The van der Waals surface area contributed by atoms with E-state index in [4.69, 9.17) is 0 Å². The number of rotatable bonds is 0. The van der Waals surface area contributed by atoms with Crippen LogP contribution in [0.1, 0.15) is 6.42 Å². The molecule has 0 saturated heterocycles. The maximum Gasteiger partial charge on any atom is 0.179 e. The van der Waals surface area contributed by atoms with Gasteiger partial charge in [0.25, 0.3) is 0 Å². The van der Waals surface area contributed by atoms with Gasteiger partial charge in [0.15, 0.2) is 5.78 Å². The molecule has 0 radical (unpaired) electrons. The van der Waals surface area contributed by atoms with Crippen LogP contribution in [0.2, 0.25) is 0 Å². The molecule has 0 aromatic heterocycles. The van der Waals surface area contributed by atoms with Crippen LogP contribution >= 0.6 is 0 Å². The molecule has 0 bridgehead atoms. The lowest BCUT2D eigenvalue weighted by atomic mass is 10.3. The first-order valence-corrected chi connectivity index (χ1v) is 2.64. The Kier molecular flexibility index (Phi) is 1.90. The van der Waals surface area contributed by atoms with Crippen molar-refractivity contribution in [3.63, 3.8) is 0 Å². The van der Waals surface area contributed by atoms with E-state index in [0.29, 0.717) is 6.42 Å². The molecule has 46 valence electrons. The van der Waals surface area contributed by atoms with Crippen molar-refractivity contribution in [2.75, 3.05) is 0 Å². The molecule has 0 N–H and O–H groups in total. The Morgan fingerprint density at radius 3 is 3.22 bits per heavy atom. The van der Waals surface area contributed by atoms with E-state index in [-0.39, 0.29) is 5.78 Å². The highest BCUT2D eigenvalue weighted by molar-refractivity contribution is 6.28. The number of allylic oxidation sites excluding steroid dienone is 2. The molecule has 9 heavy (non-hydrogen) atoms. The first-order valence-electron chi connectivity index (χ1n) is 2.64. The van der Waals surface area contributed by atoms with Crippen LogP contribution in [0.3, 0.4) is 0 Å². The van der Waals surface area contributed by atoms with E-state index in [1.165, 1.54) is 6.21 Å². The summed E-state index contributed by atoms with van der Waals surface area (Å²) in [6.07, 6.45) is 6.64. The van der Waals surface area contributed by atoms with Gasteiger partial charge in [-0.15, -0.1) is 0 Å². The van der Waals surface area contributed by atoms with Crippen LogP contribution in [0.4, 0.5) is 0 Å². The monoisotopic (exact) mass is 122 g/mol. The summed E-state index contributed by atoms with van der Waals surface area (Å²) in [4.78, 5) is 10.6. The molecule has 0 amide bonds. The zero-order valence-corrected chi connectivity index (χ0v) is 4.82. The van der Waals surface area contributed by atoms with Crippen molar-refractivity contribution in [2.24, 2.45) is 10.2 Å². The summed E-state index contributed by atoms with van der Waals surface area (Å²) >= 11 is 0. The summed E-state index contributed by atoms with van der Waals surface area (Å²) in [5.41, 5.74) is 0. The zero-order chi connectivity index (χ0) is 6.53. The van der Waals surface area contributed by atoms with E-state index < -0.39 is 0 Å². The Balaban J connectivity index is 2.70. The highest BCUT2D eigenvalue weighted by Gasteiger charge is 1.92. The van der Waals surface area contributed by atoms with E-state index >= 15 is 0 Å². The minimum Gasteiger partial charge on any atom is -0.293 e. The number of Topliss-reactive ketones (excluding diaryl/α,β-unsaturated/α-hetero) is 1. The highest BCUT2D eigenvalue weighted by Crippen LogP contribution is 1.86. The molecular weight excluding hydrogens is 116 g/mol. The fourth-order valence-corrected chi connectivity index (χ4v) is 0.472. The van der Waals surface area contributed by atoms with Gasteiger partial charge in [0.1, 0.15) is 0 Å². The lowest BCUT2D eigenvalue weighted by Crippen LogP contribution is -1.96. The summed E-state index contributed by atoms with van der Waals surface area (Å²) < 4.78 is 0. The molecule has 1 aliphatic rings. The van der Waals surface area contributed by atoms with Crippen molar-refractivity contribution in [2.45, 2.75) is 6.42 Å². The fraction of sp³-hybridized carbons (Fsp3) is 0.167. The van der Waals surface area contributed by atoms with Crippen molar-refractivity contribution in [1.82, 2.24) is 0 Å². The second-order valence-corrected chi connectivity index (χ2v) is 1.61. The Morgan fingerprint density at radius 2 is 2.33 bits per heavy atom. The summed E-state index contributed by atoms with van der Waals surface area (Å²) in [6, 6.07) is 0. The summed E-state index contributed by atoms with van der Waals surface area (Å²) in [7, 11) is 0. The lowest BCUT2D eigenvalue weighted by Gasteiger charge is -1.85. The van der Waals surface area contributed by atoms with Gasteiger partial charge < -0.3 is 0 Å². The van der Waals surface area contributed by atoms with E-state index in [9.17, 15) is 4.79 Å². The molecule has 0 aliphatic carbocycles. The molecule has 0 unspecified atom stereocenters. The van der Waals surface area contributed by atoms with Crippen molar-refractivity contribution < 1.29 is 4.79 Å². The molecule has 0 fully saturated rings. The van der Waals surface area contributed by atoms with Crippen LogP contribution in [-0.4, -0.2) is 18.2 Å². The van der Waals surface area contributed by atoms with E-state index in [0.717, 1.165) is 0 Å². The van der Waals surface area contributed by atoms with Gasteiger partial charge in [-0.2, -0.15) is 10.2 Å². The number of carbonyl (C=O) groups is 1. The number of hydrogen-bond acceptors (Lipinski definition) is 3. The number of nitrogens with zero attached hydrogens (tertiary/aromatic N) is 2. The molecule has 3 heteroatoms. The van der Waals surface area contributed by atoms with E-state index in [1.807, 2.05) is 0 Å². The third-order valence-electron chi connectivity index (χ3n) is 0.876. The molecule has 0 saturated carbocycles. The maximum absolute atomic E-state index is 10.6. The average molecular weight is 122 g/mol. The van der Waals surface area contributed by atoms with Crippen LogP contribution in [0.5, 0.6) is 0 Å². The summed E-state index contributed by atoms with van der Waals surface area (Å²) in [6.45, 7) is 0. The quantitative estimate of drug-likeness (QED) is 0.463. The van der Waals surface area contributed by atoms with Crippen LogP contribution in [-0.2, 0) is 4.79 Å². The SMILES string of the molecule is O=C1\C=N/N=C\C=C/C1. The van der Waals surface area contributed by atoms with Crippen LogP contribution in [0.25, 0.3) is 0 Å². The van der Waals surface area contributed by atoms with Gasteiger partial charge in [-0.05, 0) is 6.08 Å². The predicted molar refractivity (Wildman–Crippen MR) is 35.7 cm³/mol. The molecule has 0 aromatic rings. The number of carbonyl (C=O) groups excluding carboxylic acids is 1. The molecule has 1 rings (SSSR count). The van der Waals surface area contributed by atoms with E-state index in [1.54, 1.807) is 18.4 Å². The van der Waals surface area contributed by atoms with Crippen molar-refractivity contribution in [3.05, 3.63) is 12.2 Å². The number of hydrogen-bond donors (Lipinski definition) is 0. The molecule has 0 spiro atoms. The Labute approximate surface area is 52.8 Å². The lowest BCUT2D eigenvalue weighted by molar-refractivity contribution is -0.111. The molecular formula is C6H6N2O. The third-order valence-corrected chi connectivity index (χ3v) is 0.876. The third kappa shape index (κ3) is 1.99. The van der Waals surface area contributed by atoms with E-state index in [2.05, 4.69) is 10.2 Å². The predicted octanol–water partition coefficient (Wildman–Crippen LogP) is 0.572. The highest BCUT2D eigenvalue weighted by atomic mass is 16.1. The van der Waals surface area contributed by atoms with Gasteiger partial charge in [0, 0.05) is 12.6 Å². The molecule has 1 aliphatic heterocycles. The Bertz CT molecular complexity index is 191. The van der Waals surface area contributed by atoms with Crippen LogP contribution in [0, 0.1) is 0 Å². The molecule has 0 atom stereocenters. The van der Waals surface area contributed by atoms with Crippen LogP contribution < -0.4 is 0 Å². The molecule has 3 nitrogen and oxygen atoms in total. The first-order chi connectivity index (χ1) is 4.39. The second-order valence-electron chi connectivity index (χ2n) is 1.61. The van der Waals surface area contributed by atoms with Gasteiger partial charge in [-0.3, -0.25) is 4.79 Å². The summed E-state index contributed by atoms with van der Waals surface area (Å²) in [5.74, 6) is -0.0110. The Morgan fingerprint density at radius 1 is 1.44 bits per heavy atom. The summed E-state index contributed by atoms with van der Waals surface area (Å²) in [5, 5.41) is 6.97. The topological polar surface area (TPSA) is 41.8 Å². The van der Waals surface area contributed by atoms with Crippen molar-refractivity contribution in [1.29, 1.82) is 0 Å². The van der Waals surface area contributed by atoms with Gasteiger partial charge in [-0.25, -0.2) is 0 Å². The van der Waals surface area contributed by atoms with Crippen molar-refractivity contribution in [3.8, 4) is 0 Å². The first kappa shape index (κ1) is 5.88. The zero-order valence-electron chi connectivity index (χ0n) is 4.82.